The second-order valence-electron chi connectivity index (χ2n) is 6.23. The number of carbonyl (C=O) groups is 1. The Morgan fingerprint density at radius 2 is 2.16 bits per heavy atom. The first-order chi connectivity index (χ1) is 12.0. The molecule has 1 aromatic carbocycles. The molecule has 9 heteroatoms. The van der Waals surface area contributed by atoms with Gasteiger partial charge in [0.25, 0.3) is 6.43 Å². The van der Waals surface area contributed by atoms with E-state index >= 15 is 0 Å². The Balaban J connectivity index is 1.61. The molecule has 4 N–H and O–H groups in total. The number of aliphatic hydroxyl groups is 1. The van der Waals surface area contributed by atoms with Gasteiger partial charge in [0, 0.05) is 30.9 Å². The molecule has 2 heterocycles. The Morgan fingerprint density at radius 1 is 1.40 bits per heavy atom. The number of alkyl halides is 2. The van der Waals surface area contributed by atoms with E-state index in [9.17, 15) is 18.7 Å². The molecule has 3 rings (SSSR count). The van der Waals surface area contributed by atoms with Crippen molar-refractivity contribution in [3.63, 3.8) is 0 Å². The van der Waals surface area contributed by atoms with Crippen molar-refractivity contribution in [1.82, 2.24) is 15.3 Å². The zero-order valence-corrected chi connectivity index (χ0v) is 13.5. The van der Waals surface area contributed by atoms with Gasteiger partial charge in [-0.15, -0.1) is 0 Å². The smallest absolute Gasteiger partial charge is 0.319 e. The number of aromatic nitrogens is 2. The van der Waals surface area contributed by atoms with Gasteiger partial charge in [-0.3, -0.25) is 0 Å². The van der Waals surface area contributed by atoms with Crippen molar-refractivity contribution in [3.8, 4) is 0 Å². The van der Waals surface area contributed by atoms with Gasteiger partial charge in [-0.05, 0) is 31.0 Å². The number of hydrogen-bond acceptors (Lipinski definition) is 4. The summed E-state index contributed by atoms with van der Waals surface area (Å²) in [4.78, 5) is 18.4. The largest absolute Gasteiger partial charge is 0.396 e. The van der Waals surface area contributed by atoms with Crippen molar-refractivity contribution in [2.24, 2.45) is 5.41 Å². The fourth-order valence-electron chi connectivity index (χ4n) is 2.85. The van der Waals surface area contributed by atoms with Crippen molar-refractivity contribution >= 4 is 22.8 Å². The van der Waals surface area contributed by atoms with Crippen LogP contribution in [-0.2, 0) is 4.74 Å². The number of amides is 2. The van der Waals surface area contributed by atoms with Crippen LogP contribution in [0, 0.1) is 5.41 Å². The third-order valence-electron chi connectivity index (χ3n) is 4.48. The van der Waals surface area contributed by atoms with E-state index in [1.54, 1.807) is 18.2 Å². The molecule has 0 atom stereocenters. The number of carbonyl (C=O) groups excluding carboxylic acids is 1. The van der Waals surface area contributed by atoms with E-state index in [1.807, 2.05) is 0 Å². The molecule has 0 saturated carbocycles. The molecule has 1 fully saturated rings. The van der Waals surface area contributed by atoms with Crippen LogP contribution in [0.5, 0.6) is 0 Å². The third kappa shape index (κ3) is 4.05. The maximum Gasteiger partial charge on any atom is 0.319 e. The van der Waals surface area contributed by atoms with Crippen LogP contribution >= 0.6 is 0 Å². The number of ether oxygens (including phenoxy) is 1. The average molecular weight is 354 g/mol. The van der Waals surface area contributed by atoms with Crippen LogP contribution in [0.3, 0.4) is 0 Å². The van der Waals surface area contributed by atoms with Crippen LogP contribution < -0.4 is 10.6 Å². The topological polar surface area (TPSA) is 99.3 Å². The van der Waals surface area contributed by atoms with E-state index in [1.165, 1.54) is 0 Å². The van der Waals surface area contributed by atoms with Gasteiger partial charge in [0.05, 0.1) is 17.6 Å². The van der Waals surface area contributed by atoms with Crippen molar-refractivity contribution in [2.45, 2.75) is 19.3 Å². The highest BCUT2D eigenvalue weighted by Crippen LogP contribution is 2.29. The highest BCUT2D eigenvalue weighted by molar-refractivity contribution is 5.91. The predicted octanol–water partition coefficient (Wildman–Crippen LogP) is 2.41. The number of aromatic amines is 1. The summed E-state index contributed by atoms with van der Waals surface area (Å²) in [7, 11) is 0. The molecular weight excluding hydrogens is 334 g/mol. The number of hydrogen-bond donors (Lipinski definition) is 4. The van der Waals surface area contributed by atoms with Crippen molar-refractivity contribution in [3.05, 3.63) is 24.0 Å². The highest BCUT2D eigenvalue weighted by Gasteiger charge is 2.32. The highest BCUT2D eigenvalue weighted by atomic mass is 19.3. The number of benzene rings is 1. The molecule has 1 saturated heterocycles. The molecule has 2 aromatic rings. The molecule has 0 radical (unpaired) electrons. The second kappa shape index (κ2) is 7.32. The maximum atomic E-state index is 12.7. The third-order valence-corrected chi connectivity index (χ3v) is 4.48. The normalized spacial score (nSPS) is 17.0. The SMILES string of the molecule is O=C(NCC1(CO)CCOCC1)Nc1ccc2nc(C(F)F)[nH]c2c1. The number of anilines is 1. The maximum absolute atomic E-state index is 12.7. The van der Waals surface area contributed by atoms with E-state index < -0.39 is 18.3 Å². The lowest BCUT2D eigenvalue weighted by Crippen LogP contribution is -2.44. The first kappa shape index (κ1) is 17.6. The van der Waals surface area contributed by atoms with Gasteiger partial charge in [0.15, 0.2) is 5.82 Å². The van der Waals surface area contributed by atoms with Crippen LogP contribution in [0.4, 0.5) is 19.3 Å². The molecule has 0 aliphatic carbocycles. The summed E-state index contributed by atoms with van der Waals surface area (Å²) in [6.07, 6.45) is -1.32. The first-order valence-corrected chi connectivity index (χ1v) is 8.03. The number of urea groups is 1. The van der Waals surface area contributed by atoms with Gasteiger partial charge in [0.1, 0.15) is 0 Å². The minimum Gasteiger partial charge on any atom is -0.396 e. The summed E-state index contributed by atoms with van der Waals surface area (Å²) in [5.74, 6) is -0.402. The minimum absolute atomic E-state index is 0.0207. The van der Waals surface area contributed by atoms with Crippen LogP contribution in [0.15, 0.2) is 18.2 Å². The predicted molar refractivity (Wildman–Crippen MR) is 87.6 cm³/mol. The molecule has 2 amide bonds. The Morgan fingerprint density at radius 3 is 2.84 bits per heavy atom. The number of imidazole rings is 1. The number of nitrogens with one attached hydrogen (secondary N) is 3. The lowest BCUT2D eigenvalue weighted by Gasteiger charge is -2.35. The molecule has 1 aromatic heterocycles. The summed E-state index contributed by atoms with van der Waals surface area (Å²) in [6.45, 7) is 1.44. The second-order valence-corrected chi connectivity index (χ2v) is 6.23. The van der Waals surface area contributed by atoms with Gasteiger partial charge in [-0.25, -0.2) is 18.6 Å². The molecule has 0 spiro atoms. The number of H-pyrrole nitrogens is 1. The summed E-state index contributed by atoms with van der Waals surface area (Å²) >= 11 is 0. The molecule has 1 aliphatic rings. The first-order valence-electron chi connectivity index (χ1n) is 8.03. The van der Waals surface area contributed by atoms with Crippen molar-refractivity contribution in [1.29, 1.82) is 0 Å². The summed E-state index contributed by atoms with van der Waals surface area (Å²) in [6, 6.07) is 4.27. The summed E-state index contributed by atoms with van der Waals surface area (Å²) in [5, 5.41) is 15.0. The summed E-state index contributed by atoms with van der Waals surface area (Å²) in [5.41, 5.74) is 0.918. The Bertz CT molecular complexity index is 744. The molecule has 25 heavy (non-hydrogen) atoms. The number of nitrogens with zero attached hydrogens (tertiary/aromatic N) is 1. The van der Waals surface area contributed by atoms with E-state index in [4.69, 9.17) is 4.74 Å². The van der Waals surface area contributed by atoms with Crippen LogP contribution in [0.25, 0.3) is 11.0 Å². The average Bonchev–Trinajstić information content (AvgIpc) is 3.04. The Kier molecular flexibility index (Phi) is 5.14. The lowest BCUT2D eigenvalue weighted by molar-refractivity contribution is -0.0136. The number of halogens is 2. The fraction of sp³-hybridized carbons (Fsp3) is 0.500. The molecular formula is C16H20F2N4O3. The van der Waals surface area contributed by atoms with Gasteiger partial charge in [-0.2, -0.15) is 0 Å². The number of aliphatic hydroxyl groups excluding tert-OH is 1. The Hall–Kier alpha value is -2.26. The van der Waals surface area contributed by atoms with E-state index in [0.29, 0.717) is 49.3 Å². The monoisotopic (exact) mass is 354 g/mol. The van der Waals surface area contributed by atoms with Crippen molar-refractivity contribution in [2.75, 3.05) is 31.7 Å². The van der Waals surface area contributed by atoms with E-state index in [-0.39, 0.29) is 12.0 Å². The minimum atomic E-state index is -2.68. The molecule has 0 unspecified atom stereocenters. The lowest BCUT2D eigenvalue weighted by atomic mass is 9.81. The number of fused-ring (bicyclic) bond motifs is 1. The van der Waals surface area contributed by atoms with E-state index in [2.05, 4.69) is 20.6 Å². The van der Waals surface area contributed by atoms with Gasteiger partial charge in [-0.1, -0.05) is 0 Å². The van der Waals surface area contributed by atoms with E-state index in [0.717, 1.165) is 0 Å². The van der Waals surface area contributed by atoms with Gasteiger partial charge >= 0.3 is 6.03 Å². The zero-order chi connectivity index (χ0) is 17.9. The van der Waals surface area contributed by atoms with Gasteiger partial charge in [0.2, 0.25) is 0 Å². The van der Waals surface area contributed by atoms with Gasteiger partial charge < -0.3 is 25.5 Å². The standard InChI is InChI=1S/C16H20F2N4O3/c17-13(18)14-21-11-2-1-10(7-12(11)22-14)20-15(24)19-8-16(9-23)3-5-25-6-4-16/h1-2,7,13,23H,3-6,8-9H2,(H,21,22)(H2,19,20,24). The van der Waals surface area contributed by atoms with Crippen LogP contribution in [0.2, 0.25) is 0 Å². The quantitative estimate of drug-likeness (QED) is 0.663. The Labute approximate surface area is 142 Å². The zero-order valence-electron chi connectivity index (χ0n) is 13.5. The fourth-order valence-corrected chi connectivity index (χ4v) is 2.85. The molecule has 7 nitrogen and oxygen atoms in total. The molecule has 0 bridgehead atoms. The van der Waals surface area contributed by atoms with Crippen LogP contribution in [0.1, 0.15) is 25.1 Å². The van der Waals surface area contributed by atoms with Crippen molar-refractivity contribution < 1.29 is 23.4 Å². The summed E-state index contributed by atoms with van der Waals surface area (Å²) < 4.78 is 30.6. The number of rotatable bonds is 5. The van der Waals surface area contributed by atoms with Crippen LogP contribution in [-0.4, -0.2) is 47.5 Å². The molecule has 1 aliphatic heterocycles. The molecule has 136 valence electrons.